The number of esters is 1. The third-order valence-corrected chi connectivity index (χ3v) is 5.49. The van der Waals surface area contributed by atoms with Gasteiger partial charge in [0.25, 0.3) is 15.9 Å². The fourth-order valence-electron chi connectivity index (χ4n) is 2.54. The van der Waals surface area contributed by atoms with Crippen LogP contribution in [0.15, 0.2) is 83.8 Å². The first-order valence-electron chi connectivity index (χ1n) is 9.05. The van der Waals surface area contributed by atoms with E-state index < -0.39 is 28.5 Å². The molecule has 3 rings (SSSR count). The Morgan fingerprint density at radius 3 is 2.10 bits per heavy atom. The first kappa shape index (κ1) is 21.1. The van der Waals surface area contributed by atoms with E-state index in [0.29, 0.717) is 11.4 Å². The predicted molar refractivity (Wildman–Crippen MR) is 114 cm³/mol. The van der Waals surface area contributed by atoms with Crippen LogP contribution >= 0.6 is 0 Å². The number of hydrogen-bond acceptors (Lipinski definition) is 5. The van der Waals surface area contributed by atoms with E-state index in [4.69, 9.17) is 4.74 Å². The molecule has 0 radical (unpaired) electrons. The van der Waals surface area contributed by atoms with E-state index in [1.54, 1.807) is 48.5 Å². The average Bonchev–Trinajstić information content (AvgIpc) is 2.74. The molecule has 7 nitrogen and oxygen atoms in total. The highest BCUT2D eigenvalue weighted by Gasteiger charge is 2.16. The molecule has 0 heterocycles. The number of nitrogens with one attached hydrogen (secondary N) is 2. The lowest BCUT2D eigenvalue weighted by Gasteiger charge is -2.09. The molecule has 0 aliphatic heterocycles. The monoisotopic (exact) mass is 424 g/mol. The molecule has 3 aromatic carbocycles. The minimum absolute atomic E-state index is 0.00134. The van der Waals surface area contributed by atoms with Gasteiger partial charge < -0.3 is 10.1 Å². The number of aryl methyl sites for hydroxylation is 1. The molecule has 8 heteroatoms. The third kappa shape index (κ3) is 5.68. The average molecular weight is 424 g/mol. The molecule has 0 bridgehead atoms. The lowest BCUT2D eigenvalue weighted by Crippen LogP contribution is -2.21. The first-order valence-corrected chi connectivity index (χ1v) is 10.5. The maximum atomic E-state index is 12.5. The molecule has 0 atom stereocenters. The van der Waals surface area contributed by atoms with Crippen LogP contribution in [0.4, 0.5) is 11.4 Å². The zero-order chi connectivity index (χ0) is 21.6. The second-order valence-electron chi connectivity index (χ2n) is 6.49. The van der Waals surface area contributed by atoms with E-state index in [9.17, 15) is 18.0 Å². The topological polar surface area (TPSA) is 102 Å². The number of amides is 1. The smallest absolute Gasteiger partial charge is 0.338 e. The van der Waals surface area contributed by atoms with Crippen LogP contribution in [0.1, 0.15) is 15.9 Å². The number of ether oxygens (including phenoxy) is 1. The fraction of sp³-hybridized carbons (Fsp3) is 0.0909. The van der Waals surface area contributed by atoms with Gasteiger partial charge in [-0.3, -0.25) is 9.52 Å². The van der Waals surface area contributed by atoms with Crippen molar-refractivity contribution in [1.29, 1.82) is 0 Å². The maximum Gasteiger partial charge on any atom is 0.338 e. The second-order valence-corrected chi connectivity index (χ2v) is 8.17. The van der Waals surface area contributed by atoms with Gasteiger partial charge in [0, 0.05) is 11.4 Å². The Bertz CT molecular complexity index is 1130. The van der Waals surface area contributed by atoms with E-state index in [1.165, 1.54) is 24.3 Å². The Labute approximate surface area is 174 Å². The van der Waals surface area contributed by atoms with Gasteiger partial charge >= 0.3 is 5.97 Å². The molecule has 0 aliphatic carbocycles. The summed E-state index contributed by atoms with van der Waals surface area (Å²) in [5.41, 5.74) is 2.18. The zero-order valence-electron chi connectivity index (χ0n) is 16.2. The molecular formula is C22H20N2O5S. The molecule has 0 aromatic heterocycles. The van der Waals surface area contributed by atoms with Crippen LogP contribution in [0.25, 0.3) is 0 Å². The number of anilines is 2. The third-order valence-electron chi connectivity index (χ3n) is 4.10. The van der Waals surface area contributed by atoms with Crippen molar-refractivity contribution in [1.82, 2.24) is 0 Å². The molecule has 0 fully saturated rings. The SMILES string of the molecule is Cc1ccc(NS(=O)(=O)c2ccc(C(=O)OCC(=O)Nc3ccccc3)cc2)cc1. The summed E-state index contributed by atoms with van der Waals surface area (Å²) in [6.07, 6.45) is 0. The van der Waals surface area contributed by atoms with Gasteiger partial charge in [-0.05, 0) is 55.5 Å². The molecular weight excluding hydrogens is 404 g/mol. The number of rotatable bonds is 7. The summed E-state index contributed by atoms with van der Waals surface area (Å²) < 4.78 is 32.4. The fourth-order valence-corrected chi connectivity index (χ4v) is 3.60. The Kier molecular flexibility index (Phi) is 6.48. The minimum Gasteiger partial charge on any atom is -0.452 e. The van der Waals surface area contributed by atoms with Gasteiger partial charge in [-0.25, -0.2) is 13.2 Å². The lowest BCUT2D eigenvalue weighted by molar-refractivity contribution is -0.119. The van der Waals surface area contributed by atoms with Crippen molar-refractivity contribution in [2.75, 3.05) is 16.6 Å². The van der Waals surface area contributed by atoms with Crippen molar-refractivity contribution in [2.24, 2.45) is 0 Å². The Balaban J connectivity index is 1.58. The van der Waals surface area contributed by atoms with Gasteiger partial charge in [-0.2, -0.15) is 0 Å². The van der Waals surface area contributed by atoms with Crippen LogP contribution in [0.2, 0.25) is 0 Å². The van der Waals surface area contributed by atoms with Gasteiger partial charge in [0.05, 0.1) is 10.5 Å². The van der Waals surface area contributed by atoms with E-state index >= 15 is 0 Å². The van der Waals surface area contributed by atoms with Gasteiger partial charge in [-0.15, -0.1) is 0 Å². The maximum absolute atomic E-state index is 12.5. The van der Waals surface area contributed by atoms with Crippen LogP contribution in [-0.2, 0) is 19.6 Å². The molecule has 0 unspecified atom stereocenters. The van der Waals surface area contributed by atoms with Crippen LogP contribution in [0.5, 0.6) is 0 Å². The number of sulfonamides is 1. The summed E-state index contributed by atoms with van der Waals surface area (Å²) in [7, 11) is -3.80. The normalized spacial score (nSPS) is 10.8. The summed E-state index contributed by atoms with van der Waals surface area (Å²) in [6.45, 7) is 1.45. The largest absolute Gasteiger partial charge is 0.452 e. The van der Waals surface area contributed by atoms with Crippen LogP contribution < -0.4 is 10.0 Å². The van der Waals surface area contributed by atoms with E-state index in [0.717, 1.165) is 5.56 Å². The van der Waals surface area contributed by atoms with E-state index in [2.05, 4.69) is 10.0 Å². The minimum atomic E-state index is -3.80. The molecule has 2 N–H and O–H groups in total. The molecule has 154 valence electrons. The Morgan fingerprint density at radius 1 is 0.833 bits per heavy atom. The number of hydrogen-bond donors (Lipinski definition) is 2. The van der Waals surface area contributed by atoms with Gasteiger partial charge in [0.15, 0.2) is 6.61 Å². The van der Waals surface area contributed by atoms with E-state index in [-0.39, 0.29) is 10.5 Å². The van der Waals surface area contributed by atoms with E-state index in [1.807, 2.05) is 13.0 Å². The van der Waals surface area contributed by atoms with Crippen LogP contribution in [-0.4, -0.2) is 26.9 Å². The molecule has 0 aliphatic rings. The molecule has 1 amide bonds. The lowest BCUT2D eigenvalue weighted by atomic mass is 10.2. The van der Waals surface area contributed by atoms with Crippen molar-refractivity contribution in [2.45, 2.75) is 11.8 Å². The molecule has 0 saturated heterocycles. The van der Waals surface area contributed by atoms with Crippen molar-refractivity contribution < 1.29 is 22.7 Å². The molecule has 3 aromatic rings. The highest BCUT2D eigenvalue weighted by atomic mass is 32.2. The Morgan fingerprint density at radius 2 is 1.47 bits per heavy atom. The second kappa shape index (κ2) is 9.23. The van der Waals surface area contributed by atoms with Crippen molar-refractivity contribution in [3.05, 3.63) is 90.0 Å². The first-order chi connectivity index (χ1) is 14.3. The standard InChI is InChI=1S/C22H20N2O5S/c1-16-7-11-19(12-8-16)24-30(27,28)20-13-9-17(10-14-20)22(26)29-15-21(25)23-18-5-3-2-4-6-18/h2-14,24H,15H2,1H3,(H,23,25). The number of benzene rings is 3. The summed E-state index contributed by atoms with van der Waals surface area (Å²) >= 11 is 0. The van der Waals surface area contributed by atoms with Gasteiger partial charge in [0.1, 0.15) is 0 Å². The van der Waals surface area contributed by atoms with Crippen molar-refractivity contribution >= 4 is 33.3 Å². The summed E-state index contributed by atoms with van der Waals surface area (Å²) in [6, 6.07) is 21.0. The quantitative estimate of drug-likeness (QED) is 0.565. The van der Waals surface area contributed by atoms with Crippen LogP contribution in [0.3, 0.4) is 0 Å². The summed E-state index contributed by atoms with van der Waals surface area (Å²) in [5, 5.41) is 2.60. The number of carbonyl (C=O) groups excluding carboxylic acids is 2. The molecule has 0 spiro atoms. The van der Waals surface area contributed by atoms with Crippen molar-refractivity contribution in [3.8, 4) is 0 Å². The van der Waals surface area contributed by atoms with Crippen molar-refractivity contribution in [3.63, 3.8) is 0 Å². The molecule has 30 heavy (non-hydrogen) atoms. The summed E-state index contributed by atoms with van der Waals surface area (Å²) in [4.78, 5) is 24.0. The number of carbonyl (C=O) groups is 2. The summed E-state index contributed by atoms with van der Waals surface area (Å²) in [5.74, 6) is -1.20. The number of para-hydroxylation sites is 1. The molecule has 0 saturated carbocycles. The van der Waals surface area contributed by atoms with Gasteiger partial charge in [-0.1, -0.05) is 35.9 Å². The predicted octanol–water partition coefficient (Wildman–Crippen LogP) is 3.59. The Hall–Kier alpha value is -3.65. The van der Waals surface area contributed by atoms with Crippen LogP contribution in [0, 0.1) is 6.92 Å². The highest BCUT2D eigenvalue weighted by molar-refractivity contribution is 7.92. The zero-order valence-corrected chi connectivity index (χ0v) is 17.0. The highest BCUT2D eigenvalue weighted by Crippen LogP contribution is 2.17. The van der Waals surface area contributed by atoms with Gasteiger partial charge in [0.2, 0.25) is 0 Å².